The number of halogens is 1. The number of rotatable bonds is 7. The zero-order valence-electron chi connectivity index (χ0n) is 14.4. The first-order valence-electron chi connectivity index (χ1n) is 7.74. The van der Waals surface area contributed by atoms with Crippen LogP contribution in [0.25, 0.3) is 0 Å². The van der Waals surface area contributed by atoms with Gasteiger partial charge in [0.1, 0.15) is 5.82 Å². The van der Waals surface area contributed by atoms with Gasteiger partial charge in [0, 0.05) is 46.6 Å². The number of aryl methyl sites for hydroxylation is 1. The Labute approximate surface area is 160 Å². The number of pyridine rings is 1. The van der Waals surface area contributed by atoms with E-state index in [1.165, 1.54) is 0 Å². The molecule has 0 aromatic carbocycles. The van der Waals surface area contributed by atoms with Crippen LogP contribution in [0.15, 0.2) is 41.7 Å². The van der Waals surface area contributed by atoms with Gasteiger partial charge in [-0.2, -0.15) is 5.10 Å². The lowest BCUT2D eigenvalue weighted by atomic mass is 10.3. The third-order valence-electron chi connectivity index (χ3n) is 3.33. The van der Waals surface area contributed by atoms with Crippen LogP contribution in [0.2, 0.25) is 0 Å². The summed E-state index contributed by atoms with van der Waals surface area (Å²) < 4.78 is 1.93. The van der Waals surface area contributed by atoms with E-state index in [2.05, 4.69) is 25.7 Å². The van der Waals surface area contributed by atoms with E-state index in [0.29, 0.717) is 6.54 Å². The molecule has 24 heavy (non-hydrogen) atoms. The molecule has 132 valence electrons. The van der Waals surface area contributed by atoms with Crippen LogP contribution in [0, 0.1) is 0 Å². The highest BCUT2D eigenvalue weighted by molar-refractivity contribution is 14.0. The van der Waals surface area contributed by atoms with Crippen LogP contribution in [0.3, 0.4) is 0 Å². The molecule has 0 saturated heterocycles. The molecule has 0 radical (unpaired) electrons. The van der Waals surface area contributed by atoms with Gasteiger partial charge in [0.2, 0.25) is 0 Å². The lowest BCUT2D eigenvalue weighted by molar-refractivity contribution is 0.570. The Bertz CT molecular complexity index is 611. The van der Waals surface area contributed by atoms with Gasteiger partial charge in [-0.1, -0.05) is 6.07 Å². The minimum absolute atomic E-state index is 0. The van der Waals surface area contributed by atoms with E-state index in [9.17, 15) is 0 Å². The number of aromatic nitrogens is 3. The van der Waals surface area contributed by atoms with Crippen LogP contribution in [0.1, 0.15) is 12.1 Å². The minimum atomic E-state index is 0. The fourth-order valence-corrected chi connectivity index (χ4v) is 2.09. The molecular weight excluding hydrogens is 417 g/mol. The molecule has 0 aliphatic heterocycles. The van der Waals surface area contributed by atoms with Crippen molar-refractivity contribution >= 4 is 35.8 Å². The number of anilines is 1. The Balaban J connectivity index is 0.00000288. The molecule has 0 amide bonds. The van der Waals surface area contributed by atoms with Crippen LogP contribution in [0.4, 0.5) is 5.82 Å². The van der Waals surface area contributed by atoms with E-state index < -0.39 is 0 Å². The molecule has 0 spiro atoms. The Hall–Kier alpha value is -1.84. The van der Waals surface area contributed by atoms with Crippen molar-refractivity contribution < 1.29 is 0 Å². The smallest absolute Gasteiger partial charge is 0.191 e. The SMILES string of the molecule is CN=C(NCCCn1cccn1)NCc1cccc(N(C)C)n1.I. The quantitative estimate of drug-likeness (QED) is 0.295. The fourth-order valence-electron chi connectivity index (χ4n) is 2.09. The van der Waals surface area contributed by atoms with Crippen molar-refractivity contribution in [2.45, 2.75) is 19.5 Å². The van der Waals surface area contributed by atoms with Crippen LogP contribution in [0.5, 0.6) is 0 Å². The van der Waals surface area contributed by atoms with E-state index in [1.54, 1.807) is 13.2 Å². The Kier molecular flexibility index (Phi) is 9.13. The topological polar surface area (TPSA) is 70.4 Å². The standard InChI is InChI=1S/C16H25N7.HI/c1-17-16(18-9-5-11-23-12-6-10-20-23)19-13-14-7-4-8-15(21-14)22(2)3;/h4,6-8,10,12H,5,9,11,13H2,1-3H3,(H2,17,18,19);1H. The maximum atomic E-state index is 4.58. The first-order chi connectivity index (χ1) is 11.2. The van der Waals surface area contributed by atoms with Crippen molar-refractivity contribution in [3.63, 3.8) is 0 Å². The molecule has 2 N–H and O–H groups in total. The van der Waals surface area contributed by atoms with Gasteiger partial charge in [0.05, 0.1) is 12.2 Å². The number of nitrogens with zero attached hydrogens (tertiary/aromatic N) is 5. The number of guanidine groups is 1. The molecule has 0 fully saturated rings. The van der Waals surface area contributed by atoms with Gasteiger partial charge in [0.25, 0.3) is 0 Å². The number of aliphatic imine (C=N–C) groups is 1. The second-order valence-electron chi connectivity index (χ2n) is 5.36. The summed E-state index contributed by atoms with van der Waals surface area (Å²) in [6.45, 7) is 2.37. The van der Waals surface area contributed by atoms with Gasteiger partial charge < -0.3 is 15.5 Å². The maximum absolute atomic E-state index is 4.58. The summed E-state index contributed by atoms with van der Waals surface area (Å²) in [4.78, 5) is 10.8. The molecule has 2 aromatic heterocycles. The zero-order valence-corrected chi connectivity index (χ0v) is 16.8. The van der Waals surface area contributed by atoms with Crippen LogP contribution in [-0.4, -0.2) is 48.4 Å². The third kappa shape index (κ3) is 6.73. The van der Waals surface area contributed by atoms with Crippen LogP contribution >= 0.6 is 24.0 Å². The first-order valence-corrected chi connectivity index (χ1v) is 7.74. The van der Waals surface area contributed by atoms with Gasteiger partial charge in [0.15, 0.2) is 5.96 Å². The number of nitrogens with one attached hydrogen (secondary N) is 2. The Morgan fingerprint density at radius 3 is 2.75 bits per heavy atom. The van der Waals surface area contributed by atoms with E-state index in [1.807, 2.05) is 54.1 Å². The summed E-state index contributed by atoms with van der Waals surface area (Å²) >= 11 is 0. The van der Waals surface area contributed by atoms with Crippen molar-refractivity contribution in [1.29, 1.82) is 0 Å². The summed E-state index contributed by atoms with van der Waals surface area (Å²) in [5, 5.41) is 10.8. The van der Waals surface area contributed by atoms with E-state index in [0.717, 1.165) is 37.0 Å². The molecule has 0 aliphatic rings. The molecule has 7 nitrogen and oxygen atoms in total. The van der Waals surface area contributed by atoms with Crippen molar-refractivity contribution in [3.8, 4) is 0 Å². The van der Waals surface area contributed by atoms with Crippen molar-refractivity contribution in [3.05, 3.63) is 42.4 Å². The maximum Gasteiger partial charge on any atom is 0.191 e. The average Bonchev–Trinajstić information content (AvgIpc) is 3.08. The molecule has 2 heterocycles. The fraction of sp³-hybridized carbons (Fsp3) is 0.438. The summed E-state index contributed by atoms with van der Waals surface area (Å²) in [5.41, 5.74) is 0.982. The average molecular weight is 443 g/mol. The second kappa shape index (κ2) is 10.8. The third-order valence-corrected chi connectivity index (χ3v) is 3.33. The number of hydrogen-bond donors (Lipinski definition) is 2. The molecule has 0 saturated carbocycles. The molecule has 0 unspecified atom stereocenters. The largest absolute Gasteiger partial charge is 0.363 e. The monoisotopic (exact) mass is 443 g/mol. The summed E-state index contributed by atoms with van der Waals surface area (Å²) in [6, 6.07) is 7.94. The van der Waals surface area contributed by atoms with Gasteiger partial charge in [-0.25, -0.2) is 4.98 Å². The molecule has 8 heteroatoms. The normalized spacial score (nSPS) is 10.9. The van der Waals surface area contributed by atoms with Crippen LogP contribution < -0.4 is 15.5 Å². The summed E-state index contributed by atoms with van der Waals surface area (Å²) in [7, 11) is 5.74. The zero-order chi connectivity index (χ0) is 16.5. The van der Waals surface area contributed by atoms with Crippen molar-refractivity contribution in [2.75, 3.05) is 32.6 Å². The highest BCUT2D eigenvalue weighted by atomic mass is 127. The van der Waals surface area contributed by atoms with E-state index >= 15 is 0 Å². The lowest BCUT2D eigenvalue weighted by Crippen LogP contribution is -2.37. The first kappa shape index (κ1) is 20.2. The predicted octanol–water partition coefficient (Wildman–Crippen LogP) is 1.72. The van der Waals surface area contributed by atoms with E-state index in [-0.39, 0.29) is 24.0 Å². The van der Waals surface area contributed by atoms with Gasteiger partial charge >= 0.3 is 0 Å². The molecule has 2 rings (SSSR count). The van der Waals surface area contributed by atoms with Crippen LogP contribution in [-0.2, 0) is 13.1 Å². The molecule has 0 atom stereocenters. The Morgan fingerprint density at radius 2 is 2.08 bits per heavy atom. The number of hydrogen-bond acceptors (Lipinski definition) is 4. The highest BCUT2D eigenvalue weighted by Crippen LogP contribution is 2.07. The van der Waals surface area contributed by atoms with Gasteiger partial charge in [-0.3, -0.25) is 9.67 Å². The second-order valence-corrected chi connectivity index (χ2v) is 5.36. The summed E-state index contributed by atoms with van der Waals surface area (Å²) in [5.74, 6) is 1.73. The molecular formula is C16H26IN7. The molecule has 0 bridgehead atoms. The Morgan fingerprint density at radius 1 is 1.25 bits per heavy atom. The van der Waals surface area contributed by atoms with Crippen molar-refractivity contribution in [1.82, 2.24) is 25.4 Å². The molecule has 0 aliphatic carbocycles. The van der Waals surface area contributed by atoms with Crippen molar-refractivity contribution in [2.24, 2.45) is 4.99 Å². The van der Waals surface area contributed by atoms with Gasteiger partial charge in [-0.15, -0.1) is 24.0 Å². The summed E-state index contributed by atoms with van der Waals surface area (Å²) in [6.07, 6.45) is 4.75. The predicted molar refractivity (Wildman–Crippen MR) is 109 cm³/mol. The van der Waals surface area contributed by atoms with Gasteiger partial charge in [-0.05, 0) is 24.6 Å². The molecule has 2 aromatic rings. The minimum Gasteiger partial charge on any atom is -0.363 e. The lowest BCUT2D eigenvalue weighted by Gasteiger charge is -2.14. The highest BCUT2D eigenvalue weighted by Gasteiger charge is 2.02. The van der Waals surface area contributed by atoms with E-state index in [4.69, 9.17) is 0 Å².